The van der Waals surface area contributed by atoms with Crippen LogP contribution >= 0.6 is 34.5 Å². The van der Waals surface area contributed by atoms with E-state index in [9.17, 15) is 9.59 Å². The molecule has 0 unspecified atom stereocenters. The number of halogens is 2. The van der Waals surface area contributed by atoms with Crippen LogP contribution in [0.2, 0.25) is 10.0 Å². The normalized spacial score (nSPS) is 12.3. The number of nitrogens with zero attached hydrogens (tertiary/aromatic N) is 2. The summed E-state index contributed by atoms with van der Waals surface area (Å²) in [5.41, 5.74) is 0.243. The van der Waals surface area contributed by atoms with Crippen molar-refractivity contribution in [3.05, 3.63) is 55.9 Å². The van der Waals surface area contributed by atoms with E-state index in [0.29, 0.717) is 25.9 Å². The van der Waals surface area contributed by atoms with E-state index in [-0.39, 0.29) is 11.5 Å². The second kappa shape index (κ2) is 7.15. The van der Waals surface area contributed by atoms with Crippen LogP contribution in [0.3, 0.4) is 0 Å². The van der Waals surface area contributed by atoms with Gasteiger partial charge in [0.25, 0.3) is 5.56 Å². The average molecular weight is 396 g/mol. The van der Waals surface area contributed by atoms with Crippen molar-refractivity contribution < 1.29 is 4.79 Å². The molecule has 5 nitrogen and oxygen atoms in total. The van der Waals surface area contributed by atoms with Gasteiger partial charge in [0, 0.05) is 20.6 Å². The molecule has 0 spiro atoms. The summed E-state index contributed by atoms with van der Waals surface area (Å²) in [4.78, 5) is 31.3. The molecule has 0 aliphatic rings. The largest absolute Gasteiger partial charge is 0.324 e. The van der Waals surface area contributed by atoms with Gasteiger partial charge in [0.05, 0.1) is 11.7 Å². The number of aryl methyl sites for hydroxylation is 1. The Labute approximate surface area is 158 Å². The smallest absolute Gasteiger partial charge is 0.262 e. The zero-order valence-electron chi connectivity index (χ0n) is 13.5. The van der Waals surface area contributed by atoms with E-state index in [1.165, 1.54) is 22.2 Å². The zero-order chi connectivity index (χ0) is 18.1. The van der Waals surface area contributed by atoms with E-state index in [1.54, 1.807) is 25.1 Å². The predicted molar refractivity (Wildman–Crippen MR) is 103 cm³/mol. The number of rotatable bonds is 4. The van der Waals surface area contributed by atoms with Crippen molar-refractivity contribution in [1.29, 1.82) is 0 Å². The van der Waals surface area contributed by atoms with Crippen LogP contribution in [-0.2, 0) is 11.2 Å². The van der Waals surface area contributed by atoms with Gasteiger partial charge in [0.15, 0.2) is 0 Å². The minimum absolute atomic E-state index is 0.229. The number of anilines is 1. The maximum absolute atomic E-state index is 12.7. The van der Waals surface area contributed by atoms with Gasteiger partial charge < -0.3 is 5.32 Å². The van der Waals surface area contributed by atoms with Crippen LogP contribution in [0.15, 0.2) is 35.4 Å². The molecule has 0 aliphatic carbocycles. The van der Waals surface area contributed by atoms with Crippen molar-refractivity contribution in [2.45, 2.75) is 26.3 Å². The molecule has 130 valence electrons. The molecule has 0 radical (unpaired) electrons. The Balaban J connectivity index is 1.90. The van der Waals surface area contributed by atoms with Crippen LogP contribution < -0.4 is 10.9 Å². The molecule has 0 saturated carbocycles. The standard InChI is InChI=1S/C17H15Cl2N3O2S/c1-3-13-7-14-16(25-13)20-8-22(17(14)24)9(2)15(23)21-12-5-10(18)4-11(19)6-12/h4-9H,3H2,1-2H3,(H,21,23)/t9-/m0/s1. The first-order chi connectivity index (χ1) is 11.9. The molecule has 0 saturated heterocycles. The summed E-state index contributed by atoms with van der Waals surface area (Å²) in [6, 6.07) is 5.87. The molecule has 8 heteroatoms. The topological polar surface area (TPSA) is 64.0 Å². The Bertz CT molecular complexity index is 993. The fraction of sp³-hybridized carbons (Fsp3) is 0.235. The lowest BCUT2D eigenvalue weighted by Gasteiger charge is -2.15. The number of amides is 1. The van der Waals surface area contributed by atoms with E-state index in [1.807, 2.05) is 13.0 Å². The zero-order valence-corrected chi connectivity index (χ0v) is 15.9. The molecule has 0 aliphatic heterocycles. The Morgan fingerprint density at radius 1 is 1.28 bits per heavy atom. The fourth-order valence-electron chi connectivity index (χ4n) is 2.44. The maximum atomic E-state index is 12.7. The van der Waals surface area contributed by atoms with E-state index >= 15 is 0 Å². The van der Waals surface area contributed by atoms with Gasteiger partial charge in [-0.3, -0.25) is 14.2 Å². The average Bonchev–Trinajstić information content (AvgIpc) is 2.98. The van der Waals surface area contributed by atoms with Gasteiger partial charge in [-0.25, -0.2) is 4.98 Å². The Morgan fingerprint density at radius 2 is 1.96 bits per heavy atom. The lowest BCUT2D eigenvalue weighted by Crippen LogP contribution is -2.31. The molecule has 3 rings (SSSR count). The number of hydrogen-bond acceptors (Lipinski definition) is 4. The van der Waals surface area contributed by atoms with Gasteiger partial charge in [-0.2, -0.15) is 0 Å². The monoisotopic (exact) mass is 395 g/mol. The van der Waals surface area contributed by atoms with Gasteiger partial charge in [-0.1, -0.05) is 30.1 Å². The number of hydrogen-bond donors (Lipinski definition) is 1. The van der Waals surface area contributed by atoms with Crippen LogP contribution in [0.5, 0.6) is 0 Å². The van der Waals surface area contributed by atoms with Gasteiger partial charge in [0.2, 0.25) is 5.91 Å². The summed E-state index contributed by atoms with van der Waals surface area (Å²) >= 11 is 13.4. The highest BCUT2D eigenvalue weighted by Crippen LogP contribution is 2.24. The quantitative estimate of drug-likeness (QED) is 0.705. The first-order valence-corrected chi connectivity index (χ1v) is 9.22. The van der Waals surface area contributed by atoms with Crippen molar-refractivity contribution in [2.24, 2.45) is 0 Å². The molecule has 3 aromatic rings. The third-order valence-corrected chi connectivity index (χ3v) is 5.43. The minimum Gasteiger partial charge on any atom is -0.324 e. The van der Waals surface area contributed by atoms with Crippen LogP contribution in [0, 0.1) is 0 Å². The molecule has 25 heavy (non-hydrogen) atoms. The first kappa shape index (κ1) is 17.9. The number of fused-ring (bicyclic) bond motifs is 1. The summed E-state index contributed by atoms with van der Waals surface area (Å²) < 4.78 is 1.33. The molecule has 1 amide bonds. The van der Waals surface area contributed by atoms with Crippen molar-refractivity contribution in [3.8, 4) is 0 Å². The second-order valence-electron chi connectivity index (χ2n) is 5.57. The summed E-state index contributed by atoms with van der Waals surface area (Å²) in [7, 11) is 0. The first-order valence-electron chi connectivity index (χ1n) is 7.65. The molecule has 1 N–H and O–H groups in total. The van der Waals surface area contributed by atoms with E-state index in [4.69, 9.17) is 23.2 Å². The number of thiophene rings is 1. The van der Waals surface area contributed by atoms with Crippen molar-refractivity contribution in [2.75, 3.05) is 5.32 Å². The lowest BCUT2D eigenvalue weighted by molar-refractivity contribution is -0.118. The predicted octanol–water partition coefficient (Wildman–Crippen LogP) is 4.53. The Hall–Kier alpha value is -1.89. The summed E-state index contributed by atoms with van der Waals surface area (Å²) in [5, 5.41) is 4.09. The maximum Gasteiger partial charge on any atom is 0.262 e. The SMILES string of the molecule is CCc1cc2c(=O)n([C@@H](C)C(=O)Nc3cc(Cl)cc(Cl)c3)cnc2s1. The molecule has 2 heterocycles. The van der Waals surface area contributed by atoms with E-state index in [0.717, 1.165) is 11.3 Å². The molecule has 1 atom stereocenters. The van der Waals surface area contributed by atoms with E-state index in [2.05, 4.69) is 10.3 Å². The Kier molecular flexibility index (Phi) is 5.13. The van der Waals surface area contributed by atoms with Crippen LogP contribution in [0.25, 0.3) is 10.2 Å². The highest BCUT2D eigenvalue weighted by molar-refractivity contribution is 7.18. The molecule has 0 fully saturated rings. The third-order valence-electron chi connectivity index (χ3n) is 3.80. The van der Waals surface area contributed by atoms with Gasteiger partial charge >= 0.3 is 0 Å². The van der Waals surface area contributed by atoms with Crippen LogP contribution in [0.1, 0.15) is 24.8 Å². The van der Waals surface area contributed by atoms with Gasteiger partial charge in [0.1, 0.15) is 10.9 Å². The van der Waals surface area contributed by atoms with Crippen molar-refractivity contribution in [1.82, 2.24) is 9.55 Å². The lowest BCUT2D eigenvalue weighted by atomic mass is 10.2. The molecule has 2 aromatic heterocycles. The second-order valence-corrected chi connectivity index (χ2v) is 7.55. The third kappa shape index (κ3) is 3.71. The molecule has 1 aromatic carbocycles. The van der Waals surface area contributed by atoms with E-state index < -0.39 is 6.04 Å². The Morgan fingerprint density at radius 3 is 2.60 bits per heavy atom. The number of carbonyl (C=O) groups excluding carboxylic acids is 1. The van der Waals surface area contributed by atoms with Crippen LogP contribution in [-0.4, -0.2) is 15.5 Å². The minimum atomic E-state index is -0.730. The van der Waals surface area contributed by atoms with Crippen molar-refractivity contribution >= 4 is 56.3 Å². The highest BCUT2D eigenvalue weighted by Gasteiger charge is 2.19. The number of nitrogens with one attached hydrogen (secondary N) is 1. The van der Waals surface area contributed by atoms with Gasteiger partial charge in [-0.05, 0) is 37.6 Å². The summed E-state index contributed by atoms with van der Waals surface area (Å²) in [6.45, 7) is 3.67. The molecular formula is C17H15Cl2N3O2S. The summed E-state index contributed by atoms with van der Waals surface area (Å²) in [6.07, 6.45) is 2.25. The summed E-state index contributed by atoms with van der Waals surface area (Å²) in [5.74, 6) is -0.354. The fourth-order valence-corrected chi connectivity index (χ4v) is 3.89. The van der Waals surface area contributed by atoms with Crippen molar-refractivity contribution in [3.63, 3.8) is 0 Å². The van der Waals surface area contributed by atoms with Crippen LogP contribution in [0.4, 0.5) is 5.69 Å². The molecular weight excluding hydrogens is 381 g/mol. The number of carbonyl (C=O) groups is 1. The highest BCUT2D eigenvalue weighted by atomic mass is 35.5. The molecule has 0 bridgehead atoms. The van der Waals surface area contributed by atoms with Gasteiger partial charge in [-0.15, -0.1) is 11.3 Å². The number of aromatic nitrogens is 2. The number of benzene rings is 1.